The lowest BCUT2D eigenvalue weighted by molar-refractivity contribution is -0.125. The van der Waals surface area contributed by atoms with Crippen LogP contribution in [0.2, 0.25) is 0 Å². The Morgan fingerprint density at radius 1 is 1.08 bits per heavy atom. The normalized spacial score (nSPS) is 15.8. The number of methoxy groups -OCH3 is 1. The minimum absolute atomic E-state index is 0.0914. The molecule has 1 saturated heterocycles. The standard InChI is InChI=1S/C21H34N2O2/c1-21(2,18-10-12-19(25-3)13-11-18)20(24)22-14-6-4-7-15-23-16-8-5-9-17-23/h10-13H,4-9,14-17H2,1-3H3,(H,22,24). The third kappa shape index (κ3) is 6.03. The van der Waals surface area contributed by atoms with Crippen molar-refractivity contribution in [3.8, 4) is 5.75 Å². The average molecular weight is 347 g/mol. The predicted octanol–water partition coefficient (Wildman–Crippen LogP) is 3.75. The average Bonchev–Trinajstić information content (AvgIpc) is 2.65. The maximum atomic E-state index is 12.5. The topological polar surface area (TPSA) is 41.6 Å². The Morgan fingerprint density at radius 2 is 1.76 bits per heavy atom. The number of amides is 1. The number of piperidine rings is 1. The maximum absolute atomic E-state index is 12.5. The second kappa shape index (κ2) is 9.81. The van der Waals surface area contributed by atoms with Crippen LogP contribution in [-0.2, 0) is 10.2 Å². The first-order chi connectivity index (χ1) is 12.0. The van der Waals surface area contributed by atoms with Gasteiger partial charge < -0.3 is 15.0 Å². The van der Waals surface area contributed by atoms with Crippen LogP contribution in [0.15, 0.2) is 24.3 Å². The summed E-state index contributed by atoms with van der Waals surface area (Å²) in [5, 5.41) is 3.10. The molecular weight excluding hydrogens is 312 g/mol. The van der Waals surface area contributed by atoms with E-state index in [0.717, 1.165) is 24.3 Å². The van der Waals surface area contributed by atoms with Gasteiger partial charge in [-0.25, -0.2) is 0 Å². The summed E-state index contributed by atoms with van der Waals surface area (Å²) in [5.74, 6) is 0.905. The second-order valence-corrected chi connectivity index (χ2v) is 7.57. The fraction of sp³-hybridized carbons (Fsp3) is 0.667. The molecule has 0 spiro atoms. The Morgan fingerprint density at radius 3 is 2.40 bits per heavy atom. The van der Waals surface area contributed by atoms with E-state index in [2.05, 4.69) is 10.2 Å². The Kier molecular flexibility index (Phi) is 7.76. The van der Waals surface area contributed by atoms with Crippen LogP contribution >= 0.6 is 0 Å². The Balaban J connectivity index is 1.66. The van der Waals surface area contributed by atoms with Crippen molar-refractivity contribution in [2.75, 3.05) is 33.3 Å². The molecule has 1 aromatic carbocycles. The van der Waals surface area contributed by atoms with Crippen LogP contribution in [0.5, 0.6) is 5.75 Å². The molecule has 0 unspecified atom stereocenters. The number of rotatable bonds is 9. The summed E-state index contributed by atoms with van der Waals surface area (Å²) in [6.07, 6.45) is 7.58. The van der Waals surface area contributed by atoms with Crippen LogP contribution in [0.25, 0.3) is 0 Å². The second-order valence-electron chi connectivity index (χ2n) is 7.57. The lowest BCUT2D eigenvalue weighted by atomic mass is 9.83. The lowest BCUT2D eigenvalue weighted by Crippen LogP contribution is -2.40. The summed E-state index contributed by atoms with van der Waals surface area (Å²) in [6, 6.07) is 7.75. The van der Waals surface area contributed by atoms with E-state index < -0.39 is 5.41 Å². The molecular formula is C21H34N2O2. The Bertz CT molecular complexity index is 519. The highest BCUT2D eigenvalue weighted by atomic mass is 16.5. The number of ether oxygens (including phenoxy) is 1. The molecule has 1 heterocycles. The zero-order valence-electron chi connectivity index (χ0n) is 16.1. The number of carbonyl (C=O) groups excluding carboxylic acids is 1. The van der Waals surface area contributed by atoms with Gasteiger partial charge in [0.05, 0.1) is 12.5 Å². The minimum Gasteiger partial charge on any atom is -0.497 e. The molecule has 0 radical (unpaired) electrons. The molecule has 4 heteroatoms. The molecule has 25 heavy (non-hydrogen) atoms. The monoisotopic (exact) mass is 346 g/mol. The highest BCUT2D eigenvalue weighted by molar-refractivity contribution is 5.87. The Hall–Kier alpha value is -1.55. The minimum atomic E-state index is -0.528. The molecule has 0 atom stereocenters. The van der Waals surface area contributed by atoms with E-state index in [1.165, 1.54) is 51.7 Å². The molecule has 1 aliphatic heterocycles. The summed E-state index contributed by atoms with van der Waals surface area (Å²) in [4.78, 5) is 15.1. The number of nitrogens with one attached hydrogen (secondary N) is 1. The molecule has 1 N–H and O–H groups in total. The molecule has 1 aromatic rings. The largest absolute Gasteiger partial charge is 0.497 e. The molecule has 1 aliphatic rings. The van der Waals surface area contributed by atoms with Gasteiger partial charge in [-0.15, -0.1) is 0 Å². The van der Waals surface area contributed by atoms with E-state index in [-0.39, 0.29) is 5.91 Å². The molecule has 0 bridgehead atoms. The van der Waals surface area contributed by atoms with Crippen LogP contribution in [0.3, 0.4) is 0 Å². The van der Waals surface area contributed by atoms with Crippen molar-refractivity contribution in [2.24, 2.45) is 0 Å². The van der Waals surface area contributed by atoms with Crippen molar-refractivity contribution in [1.29, 1.82) is 0 Å². The van der Waals surface area contributed by atoms with E-state index in [1.54, 1.807) is 7.11 Å². The highest BCUT2D eigenvalue weighted by Crippen LogP contribution is 2.25. The van der Waals surface area contributed by atoms with Gasteiger partial charge in [-0.2, -0.15) is 0 Å². The maximum Gasteiger partial charge on any atom is 0.230 e. The third-order valence-electron chi connectivity index (χ3n) is 5.26. The number of benzene rings is 1. The number of hydrogen-bond acceptors (Lipinski definition) is 3. The van der Waals surface area contributed by atoms with Crippen LogP contribution < -0.4 is 10.1 Å². The van der Waals surface area contributed by atoms with Gasteiger partial charge in [0.15, 0.2) is 0 Å². The van der Waals surface area contributed by atoms with Crippen molar-refractivity contribution in [1.82, 2.24) is 10.2 Å². The number of hydrogen-bond donors (Lipinski definition) is 1. The fourth-order valence-electron chi connectivity index (χ4n) is 3.38. The summed E-state index contributed by atoms with van der Waals surface area (Å²) < 4.78 is 5.18. The van der Waals surface area contributed by atoms with Gasteiger partial charge in [-0.3, -0.25) is 4.79 Å². The lowest BCUT2D eigenvalue weighted by Gasteiger charge is -2.26. The van der Waals surface area contributed by atoms with Crippen LogP contribution in [-0.4, -0.2) is 44.1 Å². The molecule has 1 fully saturated rings. The van der Waals surface area contributed by atoms with E-state index in [4.69, 9.17) is 4.74 Å². The quantitative estimate of drug-likeness (QED) is 0.693. The van der Waals surface area contributed by atoms with E-state index in [9.17, 15) is 4.79 Å². The summed E-state index contributed by atoms with van der Waals surface area (Å²) in [5.41, 5.74) is 0.482. The van der Waals surface area contributed by atoms with Gasteiger partial charge >= 0.3 is 0 Å². The van der Waals surface area contributed by atoms with Crippen molar-refractivity contribution in [2.45, 2.75) is 57.8 Å². The van der Waals surface area contributed by atoms with E-state index in [1.807, 2.05) is 38.1 Å². The molecule has 2 rings (SSSR count). The molecule has 0 aromatic heterocycles. The van der Waals surface area contributed by atoms with Gasteiger partial charge in [0, 0.05) is 6.54 Å². The van der Waals surface area contributed by atoms with Gasteiger partial charge in [-0.05, 0) is 76.9 Å². The zero-order chi connectivity index (χ0) is 18.1. The number of carbonyl (C=O) groups is 1. The van der Waals surface area contributed by atoms with Crippen LogP contribution in [0.4, 0.5) is 0 Å². The molecule has 140 valence electrons. The van der Waals surface area contributed by atoms with Crippen LogP contribution in [0.1, 0.15) is 57.9 Å². The van der Waals surface area contributed by atoms with Gasteiger partial charge in [-0.1, -0.05) is 25.0 Å². The molecule has 4 nitrogen and oxygen atoms in total. The summed E-state index contributed by atoms with van der Waals surface area (Å²) in [7, 11) is 1.65. The van der Waals surface area contributed by atoms with Crippen molar-refractivity contribution in [3.05, 3.63) is 29.8 Å². The molecule has 0 saturated carbocycles. The number of likely N-dealkylation sites (tertiary alicyclic amines) is 1. The number of unbranched alkanes of at least 4 members (excludes halogenated alkanes) is 2. The number of nitrogens with zero attached hydrogens (tertiary/aromatic N) is 1. The first-order valence-electron chi connectivity index (χ1n) is 9.69. The predicted molar refractivity (Wildman–Crippen MR) is 103 cm³/mol. The summed E-state index contributed by atoms with van der Waals surface area (Å²) in [6.45, 7) is 8.46. The molecule has 0 aliphatic carbocycles. The zero-order valence-corrected chi connectivity index (χ0v) is 16.1. The molecule has 1 amide bonds. The van der Waals surface area contributed by atoms with Crippen molar-refractivity contribution < 1.29 is 9.53 Å². The van der Waals surface area contributed by atoms with E-state index in [0.29, 0.717) is 0 Å². The highest BCUT2D eigenvalue weighted by Gasteiger charge is 2.29. The summed E-state index contributed by atoms with van der Waals surface area (Å²) >= 11 is 0. The fourth-order valence-corrected chi connectivity index (χ4v) is 3.38. The van der Waals surface area contributed by atoms with Crippen molar-refractivity contribution >= 4 is 5.91 Å². The van der Waals surface area contributed by atoms with Gasteiger partial charge in [0.2, 0.25) is 5.91 Å². The van der Waals surface area contributed by atoms with Crippen molar-refractivity contribution in [3.63, 3.8) is 0 Å². The van der Waals surface area contributed by atoms with Gasteiger partial charge in [0.1, 0.15) is 5.75 Å². The SMILES string of the molecule is COc1ccc(C(C)(C)C(=O)NCCCCCN2CCCCC2)cc1. The Labute approximate surface area is 152 Å². The smallest absolute Gasteiger partial charge is 0.230 e. The third-order valence-corrected chi connectivity index (χ3v) is 5.26. The first-order valence-corrected chi connectivity index (χ1v) is 9.69. The van der Waals surface area contributed by atoms with E-state index >= 15 is 0 Å². The van der Waals surface area contributed by atoms with Crippen LogP contribution in [0, 0.1) is 0 Å². The van der Waals surface area contributed by atoms with Gasteiger partial charge in [0.25, 0.3) is 0 Å². The first kappa shape index (κ1) is 19.8.